The molecule has 0 saturated heterocycles. The summed E-state index contributed by atoms with van der Waals surface area (Å²) in [5, 5.41) is 1.51. The molecule has 0 bridgehead atoms. The minimum absolute atomic E-state index is 0. The molecule has 1 aromatic rings. The number of hydrogen-bond acceptors (Lipinski definition) is 2. The molecule has 0 N–H and O–H groups in total. The van der Waals surface area contributed by atoms with Gasteiger partial charge < -0.3 is 9.73 Å². The van der Waals surface area contributed by atoms with Crippen LogP contribution < -0.4 is 0 Å². The Kier molecular flexibility index (Phi) is 4.64. The van der Waals surface area contributed by atoms with Crippen LogP contribution >= 0.6 is 7.92 Å². The van der Waals surface area contributed by atoms with Crippen molar-refractivity contribution in [2.75, 3.05) is 19.9 Å². The maximum Gasteiger partial charge on any atom is 0.0610 e. The first-order valence-corrected chi connectivity index (χ1v) is 8.02. The van der Waals surface area contributed by atoms with Crippen LogP contribution in [0, 0.1) is 6.54 Å². The first-order chi connectivity index (χ1) is 8.27. The zero-order valence-corrected chi connectivity index (χ0v) is 14.4. The molecule has 0 fully saturated rings. The quantitative estimate of drug-likeness (QED) is 0.601. The Morgan fingerprint density at radius 2 is 2.06 bits per heavy atom. The van der Waals surface area contributed by atoms with Crippen LogP contribution in [0.5, 0.6) is 0 Å². The average Bonchev–Trinajstić information content (AvgIpc) is 2.94. The molecule has 0 aromatic heterocycles. The number of rotatable bonds is 2. The SMILES string of the molecule is CP(C)C1=C(C2=N[CH-]CO2)c2ccccc2C1.[Y]. The van der Waals surface area contributed by atoms with E-state index in [2.05, 4.69) is 42.6 Å². The summed E-state index contributed by atoms with van der Waals surface area (Å²) in [6, 6.07) is 8.59. The molecular weight excluding hydrogens is 318 g/mol. The van der Waals surface area contributed by atoms with Gasteiger partial charge in [-0.2, -0.15) is 0 Å². The van der Waals surface area contributed by atoms with Crippen LogP contribution in [0.3, 0.4) is 0 Å². The molecule has 0 unspecified atom stereocenters. The fraction of sp³-hybridized carbons (Fsp3) is 0.286. The summed E-state index contributed by atoms with van der Waals surface area (Å²) in [6.45, 7) is 7.06. The van der Waals surface area contributed by atoms with Crippen molar-refractivity contribution in [3.63, 3.8) is 0 Å². The molecule has 0 spiro atoms. The van der Waals surface area contributed by atoms with Crippen LogP contribution in [0.15, 0.2) is 34.6 Å². The number of ether oxygens (including phenoxy) is 1. The summed E-state index contributed by atoms with van der Waals surface area (Å²) in [4.78, 5) is 4.37. The van der Waals surface area contributed by atoms with Gasteiger partial charge in [-0.15, -0.1) is 6.54 Å². The van der Waals surface area contributed by atoms with E-state index in [4.69, 9.17) is 4.74 Å². The van der Waals surface area contributed by atoms with Gasteiger partial charge >= 0.3 is 0 Å². The van der Waals surface area contributed by atoms with Gasteiger partial charge in [0, 0.05) is 39.3 Å². The van der Waals surface area contributed by atoms with Gasteiger partial charge in [-0.3, -0.25) is 0 Å². The van der Waals surface area contributed by atoms with Crippen molar-refractivity contribution < 1.29 is 37.4 Å². The van der Waals surface area contributed by atoms with Gasteiger partial charge in [0.2, 0.25) is 0 Å². The molecule has 3 rings (SSSR count). The molecule has 1 aliphatic carbocycles. The molecule has 4 heteroatoms. The number of aliphatic imine (C=N–C) groups is 1. The second kappa shape index (κ2) is 5.86. The van der Waals surface area contributed by atoms with E-state index >= 15 is 0 Å². The molecule has 2 aliphatic rings. The maximum atomic E-state index is 5.62. The molecule has 1 aromatic carbocycles. The van der Waals surface area contributed by atoms with Crippen molar-refractivity contribution in [2.45, 2.75) is 6.42 Å². The van der Waals surface area contributed by atoms with Gasteiger partial charge in [0.05, 0.1) is 5.90 Å². The minimum Gasteiger partial charge on any atom is -0.573 e. The molecule has 0 saturated carbocycles. The second-order valence-electron chi connectivity index (χ2n) is 4.48. The van der Waals surface area contributed by atoms with Crippen molar-refractivity contribution in [3.05, 3.63) is 47.3 Å². The Morgan fingerprint density at radius 3 is 2.72 bits per heavy atom. The molecule has 1 heterocycles. The van der Waals surface area contributed by atoms with E-state index in [0.717, 1.165) is 12.3 Å². The Balaban J connectivity index is 0.00000120. The molecule has 2 nitrogen and oxygen atoms in total. The van der Waals surface area contributed by atoms with E-state index in [-0.39, 0.29) is 40.6 Å². The third-order valence-electron chi connectivity index (χ3n) is 3.19. The minimum atomic E-state index is -0.0985. The van der Waals surface area contributed by atoms with Gasteiger partial charge in [-0.1, -0.05) is 32.2 Å². The molecular formula is C14H15NOPY-. The summed E-state index contributed by atoms with van der Waals surface area (Å²) >= 11 is 0. The number of benzene rings is 1. The molecule has 18 heavy (non-hydrogen) atoms. The smallest absolute Gasteiger partial charge is 0.0610 e. The van der Waals surface area contributed by atoms with Crippen LogP contribution in [-0.2, 0) is 43.9 Å². The van der Waals surface area contributed by atoms with Crippen LogP contribution in [0.4, 0.5) is 0 Å². The monoisotopic (exact) mass is 333 g/mol. The van der Waals surface area contributed by atoms with Crippen LogP contribution in [0.1, 0.15) is 11.1 Å². The maximum absolute atomic E-state index is 5.62. The van der Waals surface area contributed by atoms with Crippen molar-refractivity contribution in [1.82, 2.24) is 0 Å². The Bertz CT molecular complexity index is 522. The zero-order chi connectivity index (χ0) is 11.8. The summed E-state index contributed by atoms with van der Waals surface area (Å²) in [7, 11) is -0.0985. The third-order valence-corrected chi connectivity index (χ3v) is 4.65. The molecule has 0 atom stereocenters. The molecule has 91 valence electrons. The summed E-state index contributed by atoms with van der Waals surface area (Å²) < 4.78 is 5.62. The van der Waals surface area contributed by atoms with E-state index in [9.17, 15) is 0 Å². The summed E-state index contributed by atoms with van der Waals surface area (Å²) in [5.74, 6) is 0.821. The molecule has 1 radical (unpaired) electrons. The van der Waals surface area contributed by atoms with Crippen molar-refractivity contribution in [3.8, 4) is 0 Å². The summed E-state index contributed by atoms with van der Waals surface area (Å²) in [6.07, 6.45) is 1.06. The van der Waals surface area contributed by atoms with E-state index in [1.165, 1.54) is 22.0 Å². The van der Waals surface area contributed by atoms with E-state index in [0.29, 0.717) is 6.61 Å². The van der Waals surface area contributed by atoms with Gasteiger partial charge in [0.1, 0.15) is 0 Å². The standard InChI is InChI=1S/C14H15NOP.Y/c1-17(2)12-9-10-5-3-4-6-11(10)13(12)14-15-7-8-16-14;/h3-7H,8-9H2,1-2H3;/q-1;. The number of fused-ring (bicyclic) bond motifs is 1. The number of allylic oxidation sites excluding steroid dienone is 1. The topological polar surface area (TPSA) is 21.6 Å². The van der Waals surface area contributed by atoms with Gasteiger partial charge in [-0.25, -0.2) is 0 Å². The van der Waals surface area contributed by atoms with E-state index in [1.54, 1.807) is 0 Å². The van der Waals surface area contributed by atoms with Crippen molar-refractivity contribution in [1.29, 1.82) is 0 Å². The van der Waals surface area contributed by atoms with Gasteiger partial charge in [-0.05, 0) is 41.8 Å². The third kappa shape index (κ3) is 2.43. The Labute approximate surface area is 135 Å². The Hall–Kier alpha value is -0.166. The Morgan fingerprint density at radius 1 is 1.28 bits per heavy atom. The molecule has 1 aliphatic heterocycles. The van der Waals surface area contributed by atoms with Gasteiger partial charge in [0.25, 0.3) is 0 Å². The van der Waals surface area contributed by atoms with Crippen LogP contribution in [0.2, 0.25) is 0 Å². The normalized spacial score (nSPS) is 16.9. The number of nitrogens with zero attached hydrogens (tertiary/aromatic N) is 1. The fourth-order valence-electron chi connectivity index (χ4n) is 2.37. The first kappa shape index (κ1) is 14.2. The predicted molar refractivity (Wildman–Crippen MR) is 73.5 cm³/mol. The summed E-state index contributed by atoms with van der Waals surface area (Å²) in [5.41, 5.74) is 3.98. The predicted octanol–water partition coefficient (Wildman–Crippen LogP) is 3.28. The van der Waals surface area contributed by atoms with Crippen LogP contribution in [-0.4, -0.2) is 25.8 Å². The largest absolute Gasteiger partial charge is 0.573 e. The van der Waals surface area contributed by atoms with E-state index < -0.39 is 0 Å². The van der Waals surface area contributed by atoms with E-state index in [1.807, 2.05) is 6.54 Å². The van der Waals surface area contributed by atoms with Crippen molar-refractivity contribution in [2.24, 2.45) is 4.99 Å². The van der Waals surface area contributed by atoms with Crippen molar-refractivity contribution >= 4 is 19.4 Å². The zero-order valence-electron chi connectivity index (χ0n) is 10.7. The fourth-order valence-corrected chi connectivity index (χ4v) is 3.52. The van der Waals surface area contributed by atoms with Gasteiger partial charge in [0.15, 0.2) is 0 Å². The first-order valence-electron chi connectivity index (χ1n) is 5.79. The average molecular weight is 333 g/mol. The number of hydrogen-bond donors (Lipinski definition) is 0. The van der Waals surface area contributed by atoms with Crippen LogP contribution in [0.25, 0.3) is 5.57 Å². The second-order valence-corrected chi connectivity index (χ2v) is 6.81. The molecule has 0 amide bonds.